The van der Waals surface area contributed by atoms with Crippen LogP contribution >= 0.6 is 23.2 Å². The van der Waals surface area contributed by atoms with Gasteiger partial charge in [-0.2, -0.15) is 0 Å². The van der Waals surface area contributed by atoms with Gasteiger partial charge in [0, 0.05) is 32.8 Å². The number of aryl methyl sites for hydroxylation is 6. The summed E-state index contributed by atoms with van der Waals surface area (Å²) in [7, 11) is 0. The SMILES string of the molecule is Cc1cc(C)c(N(c2cccc(Cl)c2)c2cc(N(c3ccccc3)c3ccccc3)cc(N(c3cccc(Cl)c3)c3c(C)cc(C)cc3C)c2)c(C)c1. The van der Waals surface area contributed by atoms with Crippen LogP contribution in [-0.4, -0.2) is 0 Å². The van der Waals surface area contributed by atoms with Crippen LogP contribution in [0.4, 0.5) is 51.2 Å². The van der Waals surface area contributed by atoms with E-state index in [0.29, 0.717) is 10.0 Å². The van der Waals surface area contributed by atoms with E-state index in [1.54, 1.807) is 0 Å². The van der Waals surface area contributed by atoms with Crippen LogP contribution in [0.15, 0.2) is 152 Å². The van der Waals surface area contributed by atoms with Gasteiger partial charge >= 0.3 is 0 Å². The van der Waals surface area contributed by atoms with Crippen LogP contribution < -0.4 is 14.7 Å². The van der Waals surface area contributed by atoms with E-state index in [9.17, 15) is 0 Å². The van der Waals surface area contributed by atoms with Gasteiger partial charge in [-0.05, 0) is 143 Å². The summed E-state index contributed by atoms with van der Waals surface area (Å²) in [5, 5.41) is 1.35. The third-order valence-electron chi connectivity index (χ3n) is 9.54. The Morgan fingerprint density at radius 3 is 0.962 bits per heavy atom. The number of nitrogens with zero attached hydrogens (tertiary/aromatic N) is 3. The maximum atomic E-state index is 6.76. The molecule has 0 radical (unpaired) electrons. The summed E-state index contributed by atoms with van der Waals surface area (Å²) in [6, 6.07) is 53.2. The monoisotopic (exact) mass is 731 g/mol. The molecule has 264 valence electrons. The molecule has 0 saturated carbocycles. The van der Waals surface area contributed by atoms with Gasteiger partial charge in [-0.3, -0.25) is 0 Å². The van der Waals surface area contributed by atoms with Crippen molar-refractivity contribution in [1.82, 2.24) is 0 Å². The highest BCUT2D eigenvalue weighted by molar-refractivity contribution is 6.31. The van der Waals surface area contributed by atoms with E-state index in [1.807, 2.05) is 36.4 Å². The Kier molecular flexibility index (Phi) is 10.3. The lowest BCUT2D eigenvalue weighted by molar-refractivity contribution is 1.17. The molecule has 0 spiro atoms. The van der Waals surface area contributed by atoms with Crippen molar-refractivity contribution in [3.63, 3.8) is 0 Å². The molecular weight excluding hydrogens is 689 g/mol. The average molecular weight is 733 g/mol. The molecule has 0 heterocycles. The smallest absolute Gasteiger partial charge is 0.0520 e. The summed E-state index contributed by atoms with van der Waals surface area (Å²) in [5.74, 6) is 0. The van der Waals surface area contributed by atoms with Gasteiger partial charge in [0.1, 0.15) is 0 Å². The fourth-order valence-electron chi connectivity index (χ4n) is 7.66. The lowest BCUT2D eigenvalue weighted by Gasteiger charge is -2.35. The minimum absolute atomic E-state index is 0.674. The fraction of sp³-hybridized carbons (Fsp3) is 0.125. The highest BCUT2D eigenvalue weighted by Gasteiger charge is 2.25. The van der Waals surface area contributed by atoms with Crippen molar-refractivity contribution in [2.45, 2.75) is 41.5 Å². The van der Waals surface area contributed by atoms with Crippen LogP contribution in [0.2, 0.25) is 10.0 Å². The van der Waals surface area contributed by atoms with Crippen LogP contribution in [0.3, 0.4) is 0 Å². The number of halogens is 2. The number of benzene rings is 7. The predicted molar refractivity (Wildman–Crippen MR) is 229 cm³/mol. The van der Waals surface area contributed by atoms with E-state index < -0.39 is 0 Å². The quantitative estimate of drug-likeness (QED) is 0.146. The maximum Gasteiger partial charge on any atom is 0.0520 e. The summed E-state index contributed by atoms with van der Waals surface area (Å²) in [4.78, 5) is 7.02. The number of rotatable bonds is 9. The second-order valence-corrected chi connectivity index (χ2v) is 14.7. The van der Waals surface area contributed by atoms with Crippen LogP contribution in [0.25, 0.3) is 0 Å². The topological polar surface area (TPSA) is 9.72 Å². The van der Waals surface area contributed by atoms with E-state index in [2.05, 4.69) is 172 Å². The highest BCUT2D eigenvalue weighted by atomic mass is 35.5. The minimum Gasteiger partial charge on any atom is -0.310 e. The summed E-state index contributed by atoms with van der Waals surface area (Å²) in [6.07, 6.45) is 0. The van der Waals surface area contributed by atoms with Gasteiger partial charge in [-0.1, -0.05) is 107 Å². The second kappa shape index (κ2) is 15.2. The van der Waals surface area contributed by atoms with Crippen LogP contribution in [0, 0.1) is 41.5 Å². The van der Waals surface area contributed by atoms with E-state index in [0.717, 1.165) is 51.2 Å². The van der Waals surface area contributed by atoms with Crippen molar-refractivity contribution in [2.75, 3.05) is 14.7 Å². The first-order chi connectivity index (χ1) is 25.6. The molecule has 0 saturated heterocycles. The average Bonchev–Trinajstić information content (AvgIpc) is 3.12. The molecule has 0 amide bonds. The van der Waals surface area contributed by atoms with Gasteiger partial charge in [0.05, 0.1) is 28.4 Å². The molecule has 0 fully saturated rings. The maximum absolute atomic E-state index is 6.76. The lowest BCUT2D eigenvalue weighted by Crippen LogP contribution is -2.18. The molecule has 0 N–H and O–H groups in total. The van der Waals surface area contributed by atoms with Gasteiger partial charge in [-0.25, -0.2) is 0 Å². The molecule has 5 heteroatoms. The Labute approximate surface area is 324 Å². The predicted octanol–water partition coefficient (Wildman–Crippen LogP) is 15.3. The largest absolute Gasteiger partial charge is 0.310 e. The van der Waals surface area contributed by atoms with E-state index in [-0.39, 0.29) is 0 Å². The van der Waals surface area contributed by atoms with Crippen LogP contribution in [0.5, 0.6) is 0 Å². The lowest BCUT2D eigenvalue weighted by atomic mass is 10.0. The number of hydrogen-bond donors (Lipinski definition) is 0. The molecule has 53 heavy (non-hydrogen) atoms. The second-order valence-electron chi connectivity index (χ2n) is 13.8. The van der Waals surface area contributed by atoms with Gasteiger partial charge in [0.15, 0.2) is 0 Å². The molecule has 0 bridgehead atoms. The summed E-state index contributed by atoms with van der Waals surface area (Å²) in [6.45, 7) is 13.1. The van der Waals surface area contributed by atoms with Gasteiger partial charge in [-0.15, -0.1) is 0 Å². The van der Waals surface area contributed by atoms with Crippen molar-refractivity contribution in [3.05, 3.63) is 195 Å². The molecule has 3 nitrogen and oxygen atoms in total. The first kappa shape index (κ1) is 35.9. The van der Waals surface area contributed by atoms with Crippen molar-refractivity contribution < 1.29 is 0 Å². The number of para-hydroxylation sites is 2. The van der Waals surface area contributed by atoms with Crippen LogP contribution in [-0.2, 0) is 0 Å². The van der Waals surface area contributed by atoms with Crippen molar-refractivity contribution >= 4 is 74.4 Å². The van der Waals surface area contributed by atoms with Crippen molar-refractivity contribution in [3.8, 4) is 0 Å². The molecular formula is C48H43Cl2N3. The Bertz CT molecular complexity index is 2190. The highest BCUT2D eigenvalue weighted by Crippen LogP contribution is 2.48. The van der Waals surface area contributed by atoms with E-state index in [4.69, 9.17) is 23.2 Å². The zero-order valence-electron chi connectivity index (χ0n) is 31.0. The number of anilines is 9. The molecule has 0 aliphatic carbocycles. The van der Waals surface area contributed by atoms with E-state index in [1.165, 1.54) is 33.4 Å². The van der Waals surface area contributed by atoms with Crippen molar-refractivity contribution in [1.29, 1.82) is 0 Å². The molecule has 0 aliphatic rings. The summed E-state index contributed by atoms with van der Waals surface area (Å²) in [5.41, 5.74) is 16.4. The molecule has 0 unspecified atom stereocenters. The third-order valence-corrected chi connectivity index (χ3v) is 10.0. The molecule has 0 aliphatic heterocycles. The fourth-order valence-corrected chi connectivity index (χ4v) is 8.03. The van der Waals surface area contributed by atoms with Gasteiger partial charge < -0.3 is 14.7 Å². The van der Waals surface area contributed by atoms with E-state index >= 15 is 0 Å². The molecule has 0 atom stereocenters. The molecule has 0 aromatic heterocycles. The van der Waals surface area contributed by atoms with Crippen LogP contribution in [0.1, 0.15) is 33.4 Å². The first-order valence-electron chi connectivity index (χ1n) is 17.9. The minimum atomic E-state index is 0.674. The molecule has 7 aromatic carbocycles. The Morgan fingerprint density at radius 2 is 0.623 bits per heavy atom. The third kappa shape index (κ3) is 7.55. The normalized spacial score (nSPS) is 11.0. The Hall–Kier alpha value is -5.48. The Morgan fingerprint density at radius 1 is 0.302 bits per heavy atom. The number of hydrogen-bond acceptors (Lipinski definition) is 3. The van der Waals surface area contributed by atoms with Gasteiger partial charge in [0.25, 0.3) is 0 Å². The molecule has 7 aromatic rings. The Balaban J connectivity index is 1.61. The zero-order chi connectivity index (χ0) is 37.2. The zero-order valence-corrected chi connectivity index (χ0v) is 32.5. The summed E-state index contributed by atoms with van der Waals surface area (Å²) < 4.78 is 0. The van der Waals surface area contributed by atoms with Crippen molar-refractivity contribution in [2.24, 2.45) is 0 Å². The summed E-state index contributed by atoms with van der Waals surface area (Å²) >= 11 is 13.5. The van der Waals surface area contributed by atoms with Gasteiger partial charge in [0.2, 0.25) is 0 Å². The molecule has 7 rings (SSSR count). The standard InChI is InChI=1S/C48H43Cl2N3/c1-32-23-34(3)47(35(4)24-32)52(42-21-13-15-38(49)27-42)45-29-44(51(40-17-9-7-10-18-40)41-19-11-8-12-20-41)30-46(31-45)53(43-22-14-16-39(50)28-43)48-36(5)25-33(2)26-37(48)6/h7-31H,1-6H3. The first-order valence-corrected chi connectivity index (χ1v) is 18.7.